The van der Waals surface area contributed by atoms with Crippen molar-refractivity contribution in [3.05, 3.63) is 11.8 Å². The van der Waals surface area contributed by atoms with Crippen LogP contribution in [0.1, 0.15) is 34.1 Å². The lowest BCUT2D eigenvalue weighted by molar-refractivity contribution is -0.104. The first-order valence-electron chi connectivity index (χ1n) is 5.95. The highest BCUT2D eigenvalue weighted by Crippen LogP contribution is 2.35. The largest absolute Gasteiger partial charge is 0.497 e. The van der Waals surface area contributed by atoms with Crippen LogP contribution in [0, 0.1) is 11.5 Å². The minimum Gasteiger partial charge on any atom is -0.497 e. The molecule has 0 amide bonds. The van der Waals surface area contributed by atoms with Crippen LogP contribution in [-0.4, -0.2) is 21.0 Å². The Morgan fingerprint density at radius 2 is 1.94 bits per heavy atom. The molecule has 0 aliphatic carbocycles. The van der Waals surface area contributed by atoms with Crippen molar-refractivity contribution in [2.45, 2.75) is 52.2 Å². The van der Waals surface area contributed by atoms with Crippen LogP contribution in [0.2, 0.25) is 18.1 Å². The first-order chi connectivity index (χ1) is 7.70. The highest BCUT2D eigenvalue weighted by molar-refractivity contribution is 6.87. The molecular weight excluding hydrogens is 228 g/mol. The lowest BCUT2D eigenvalue weighted by Gasteiger charge is -2.31. The van der Waals surface area contributed by atoms with Gasteiger partial charge in [-0.3, -0.25) is 4.79 Å². The molecule has 17 heavy (non-hydrogen) atoms. The Morgan fingerprint density at radius 1 is 1.35 bits per heavy atom. The first-order valence-corrected chi connectivity index (χ1v) is 8.95. The van der Waals surface area contributed by atoms with E-state index in [-0.39, 0.29) is 0 Å². The lowest BCUT2D eigenvalue weighted by atomic mass is 10.2. The van der Waals surface area contributed by atoms with Crippen LogP contribution in [0.3, 0.4) is 0 Å². The Bertz CT molecular complexity index is 337. The molecule has 0 aliphatic rings. The van der Waals surface area contributed by atoms with E-state index < -0.39 is 8.07 Å². The van der Waals surface area contributed by atoms with Crippen molar-refractivity contribution in [2.75, 3.05) is 6.61 Å². The maximum atomic E-state index is 10.2. The van der Waals surface area contributed by atoms with Gasteiger partial charge < -0.3 is 4.74 Å². The van der Waals surface area contributed by atoms with Crippen molar-refractivity contribution >= 4 is 14.4 Å². The zero-order valence-electron chi connectivity index (χ0n) is 11.9. The van der Waals surface area contributed by atoms with Crippen LogP contribution in [-0.2, 0) is 9.53 Å². The van der Waals surface area contributed by atoms with Gasteiger partial charge in [-0.05, 0) is 12.0 Å². The Morgan fingerprint density at radius 3 is 2.41 bits per heavy atom. The molecule has 0 saturated heterocycles. The number of carbonyl (C=O) groups is 1. The summed E-state index contributed by atoms with van der Waals surface area (Å²) in [6.07, 6.45) is 2.87. The fourth-order valence-corrected chi connectivity index (χ4v) is 1.82. The second-order valence-corrected chi connectivity index (χ2v) is 10.7. The van der Waals surface area contributed by atoms with E-state index in [9.17, 15) is 4.79 Å². The Labute approximate surface area is 106 Å². The second kappa shape index (κ2) is 6.66. The van der Waals surface area contributed by atoms with Crippen molar-refractivity contribution in [1.29, 1.82) is 0 Å². The number of aldehydes is 1. The Hall–Kier alpha value is -1.01. The van der Waals surface area contributed by atoms with Gasteiger partial charge >= 0.3 is 0 Å². The molecule has 0 N–H and O–H groups in total. The van der Waals surface area contributed by atoms with Gasteiger partial charge in [-0.1, -0.05) is 33.9 Å². The third-order valence-electron chi connectivity index (χ3n) is 3.14. The maximum Gasteiger partial charge on any atom is 0.146 e. The normalized spacial score (nSPS) is 12.7. The predicted octanol–water partition coefficient (Wildman–Crippen LogP) is 3.55. The highest BCUT2D eigenvalue weighted by atomic mass is 28.3. The molecule has 0 saturated carbocycles. The molecule has 0 aromatic rings. The summed E-state index contributed by atoms with van der Waals surface area (Å²) in [5.74, 6) is 3.85. The van der Waals surface area contributed by atoms with Gasteiger partial charge in [0, 0.05) is 12.5 Å². The fraction of sp³-hybridized carbons (Fsp3) is 0.643. The molecule has 0 fully saturated rings. The summed E-state index contributed by atoms with van der Waals surface area (Å²) < 4.78 is 5.33. The van der Waals surface area contributed by atoms with E-state index in [1.54, 1.807) is 6.92 Å². The highest BCUT2D eigenvalue weighted by Gasteiger charge is 2.33. The van der Waals surface area contributed by atoms with E-state index in [0.29, 0.717) is 17.4 Å². The quantitative estimate of drug-likeness (QED) is 0.191. The van der Waals surface area contributed by atoms with Gasteiger partial charge in [0.1, 0.15) is 14.4 Å². The van der Waals surface area contributed by atoms with Gasteiger partial charge in [-0.2, -0.15) is 0 Å². The summed E-state index contributed by atoms with van der Waals surface area (Å²) in [4.78, 5) is 10.2. The van der Waals surface area contributed by atoms with Crippen LogP contribution in [0.5, 0.6) is 0 Å². The topological polar surface area (TPSA) is 26.3 Å². The number of rotatable bonds is 4. The van der Waals surface area contributed by atoms with E-state index in [1.165, 1.54) is 6.08 Å². The van der Waals surface area contributed by atoms with E-state index in [0.717, 1.165) is 12.7 Å². The summed E-state index contributed by atoms with van der Waals surface area (Å²) in [6, 6.07) is 0. The number of carbonyl (C=O) groups excluding carboxylic acids is 1. The number of ether oxygens (including phenoxy) is 1. The fourth-order valence-electron chi connectivity index (χ4n) is 0.878. The molecule has 3 heteroatoms. The van der Waals surface area contributed by atoms with Gasteiger partial charge in [0.15, 0.2) is 0 Å². The average molecular weight is 252 g/mol. The van der Waals surface area contributed by atoms with Crippen LogP contribution < -0.4 is 0 Å². The summed E-state index contributed by atoms with van der Waals surface area (Å²) in [5, 5.41) is 0.300. The molecule has 0 radical (unpaired) electrons. The predicted molar refractivity (Wildman–Crippen MR) is 75.4 cm³/mol. The molecule has 0 unspecified atom stereocenters. The molecule has 96 valence electrons. The number of allylic oxidation sites excluding steroid dienone is 2. The van der Waals surface area contributed by atoms with Gasteiger partial charge in [0.2, 0.25) is 0 Å². The minimum absolute atomic E-state index is 0.300. The van der Waals surface area contributed by atoms with Crippen LogP contribution in [0.25, 0.3) is 0 Å². The molecule has 2 nitrogen and oxygen atoms in total. The van der Waals surface area contributed by atoms with Crippen molar-refractivity contribution in [1.82, 2.24) is 0 Å². The third kappa shape index (κ3) is 6.33. The van der Waals surface area contributed by atoms with Gasteiger partial charge in [0.05, 0.1) is 12.4 Å². The molecule has 0 aromatic carbocycles. The number of hydrogen-bond acceptors (Lipinski definition) is 2. The van der Waals surface area contributed by atoms with Gasteiger partial charge in [0.25, 0.3) is 0 Å². The first kappa shape index (κ1) is 16.0. The molecule has 0 bridgehead atoms. The molecule has 0 atom stereocenters. The zero-order valence-corrected chi connectivity index (χ0v) is 12.9. The summed E-state index contributed by atoms with van der Waals surface area (Å²) in [7, 11) is -1.48. The van der Waals surface area contributed by atoms with E-state index >= 15 is 0 Å². The molecule has 0 aromatic heterocycles. The lowest BCUT2D eigenvalue weighted by Crippen LogP contribution is -2.35. The monoisotopic (exact) mass is 252 g/mol. The summed E-state index contributed by atoms with van der Waals surface area (Å²) in [5.41, 5.74) is 3.42. The molecule has 0 rings (SSSR count). The van der Waals surface area contributed by atoms with Crippen molar-refractivity contribution < 1.29 is 9.53 Å². The van der Waals surface area contributed by atoms with Crippen molar-refractivity contribution in [3.63, 3.8) is 0 Å². The average Bonchev–Trinajstić information content (AvgIpc) is 2.15. The molecular formula is C14H24O2Si. The van der Waals surface area contributed by atoms with Crippen LogP contribution in [0.4, 0.5) is 0 Å². The summed E-state index contributed by atoms with van der Waals surface area (Å²) in [6.45, 7) is 13.7. The van der Waals surface area contributed by atoms with Crippen molar-refractivity contribution in [3.8, 4) is 11.5 Å². The van der Waals surface area contributed by atoms with Gasteiger partial charge in [-0.15, -0.1) is 11.5 Å². The SMILES string of the molecule is C/C(=C\C=O)OCCC#C[Si](C)(C)C(C)(C)C. The summed E-state index contributed by atoms with van der Waals surface area (Å²) >= 11 is 0. The van der Waals surface area contributed by atoms with E-state index in [4.69, 9.17) is 4.74 Å². The zero-order chi connectivity index (χ0) is 13.5. The Balaban J connectivity index is 4.15. The molecule has 0 aliphatic heterocycles. The van der Waals surface area contributed by atoms with Crippen LogP contribution in [0.15, 0.2) is 11.8 Å². The molecule has 0 spiro atoms. The maximum absolute atomic E-state index is 10.2. The third-order valence-corrected chi connectivity index (χ3v) is 7.69. The van der Waals surface area contributed by atoms with Gasteiger partial charge in [-0.25, -0.2) is 0 Å². The van der Waals surface area contributed by atoms with E-state index in [1.807, 2.05) is 0 Å². The smallest absolute Gasteiger partial charge is 0.146 e. The molecule has 0 heterocycles. The van der Waals surface area contributed by atoms with E-state index in [2.05, 4.69) is 45.3 Å². The Kier molecular flexibility index (Phi) is 6.26. The second-order valence-electron chi connectivity index (χ2n) is 5.69. The standard InChI is InChI=1S/C14H24O2Si/c1-13(9-10-15)16-11-7-8-12-17(5,6)14(2,3)4/h9-10H,7,11H2,1-6H3/b13-9+. The van der Waals surface area contributed by atoms with Crippen LogP contribution >= 0.6 is 0 Å². The number of hydrogen-bond donors (Lipinski definition) is 0. The van der Waals surface area contributed by atoms with Crippen molar-refractivity contribution in [2.24, 2.45) is 0 Å². The minimum atomic E-state index is -1.48.